The molecule has 0 radical (unpaired) electrons. The topological polar surface area (TPSA) is 123 Å². The van der Waals surface area contributed by atoms with Gasteiger partial charge in [-0.15, -0.1) is 0 Å². The minimum Gasteiger partial charge on any atom is -0.490 e. The molecule has 1 aromatic carbocycles. The number of aromatic nitrogens is 1. The number of rotatable bonds is 5. The van der Waals surface area contributed by atoms with Gasteiger partial charge in [0.2, 0.25) is 5.91 Å². The number of aryl methyl sites for hydroxylation is 1. The molecule has 0 bridgehead atoms. The zero-order chi connectivity index (χ0) is 25.2. The first-order chi connectivity index (χ1) is 17.4. The van der Waals surface area contributed by atoms with Crippen molar-refractivity contribution in [3.05, 3.63) is 41.3 Å². The van der Waals surface area contributed by atoms with Crippen molar-refractivity contribution in [2.24, 2.45) is 0 Å². The highest BCUT2D eigenvalue weighted by Gasteiger charge is 2.39. The van der Waals surface area contributed by atoms with Crippen LogP contribution in [0.15, 0.2) is 28.8 Å². The molecule has 0 unspecified atom stereocenters. The first-order valence-electron chi connectivity index (χ1n) is 12.6. The van der Waals surface area contributed by atoms with Crippen molar-refractivity contribution in [3.63, 3.8) is 0 Å². The predicted octanol–water partition coefficient (Wildman–Crippen LogP) is 3.06. The summed E-state index contributed by atoms with van der Waals surface area (Å²) in [4.78, 5) is 40.0. The van der Waals surface area contributed by atoms with Crippen LogP contribution in [-0.4, -0.2) is 65.7 Å². The highest BCUT2D eigenvalue weighted by atomic mass is 16.5. The summed E-state index contributed by atoms with van der Waals surface area (Å²) in [6, 6.07) is 6.61. The van der Waals surface area contributed by atoms with Crippen molar-refractivity contribution in [2.45, 2.75) is 76.2 Å². The zero-order valence-electron chi connectivity index (χ0n) is 20.6. The number of fused-ring (bicyclic) bond motifs is 2. The summed E-state index contributed by atoms with van der Waals surface area (Å²) in [5, 5.41) is 9.60. The molecule has 2 fully saturated rings. The van der Waals surface area contributed by atoms with Crippen LogP contribution in [0.2, 0.25) is 0 Å². The van der Waals surface area contributed by atoms with Gasteiger partial charge in [-0.25, -0.2) is 0 Å². The molecule has 10 nitrogen and oxygen atoms in total. The molecule has 2 aromatic rings. The average Bonchev–Trinajstić information content (AvgIpc) is 3.53. The molecular weight excluding hydrogens is 464 g/mol. The maximum Gasteiger partial charge on any atom is 0.277 e. The van der Waals surface area contributed by atoms with Gasteiger partial charge >= 0.3 is 0 Å². The summed E-state index contributed by atoms with van der Waals surface area (Å²) in [5.41, 5.74) is 0.978. The van der Waals surface area contributed by atoms with Gasteiger partial charge in [0.1, 0.15) is 24.2 Å². The van der Waals surface area contributed by atoms with Gasteiger partial charge < -0.3 is 29.5 Å². The van der Waals surface area contributed by atoms with E-state index in [0.717, 1.165) is 19.3 Å². The molecule has 3 heterocycles. The second-order valence-electron chi connectivity index (χ2n) is 9.91. The van der Waals surface area contributed by atoms with Gasteiger partial charge in [0.05, 0.1) is 24.1 Å². The maximum absolute atomic E-state index is 13.4. The van der Waals surface area contributed by atoms with Crippen LogP contribution in [0, 0.1) is 6.92 Å². The van der Waals surface area contributed by atoms with E-state index in [1.165, 1.54) is 12.8 Å². The highest BCUT2D eigenvalue weighted by Crippen LogP contribution is 2.32. The van der Waals surface area contributed by atoms with E-state index in [2.05, 4.69) is 15.8 Å². The third kappa shape index (κ3) is 5.23. The summed E-state index contributed by atoms with van der Waals surface area (Å²) >= 11 is 0. The van der Waals surface area contributed by atoms with E-state index >= 15 is 0 Å². The van der Waals surface area contributed by atoms with E-state index < -0.39 is 5.91 Å². The summed E-state index contributed by atoms with van der Waals surface area (Å²) in [6.07, 6.45) is 5.64. The molecule has 3 aliphatic rings. The van der Waals surface area contributed by atoms with Gasteiger partial charge in [-0.2, -0.15) is 0 Å². The number of hydrogen-bond donors (Lipinski definition) is 2. The number of amides is 3. The van der Waals surface area contributed by atoms with Crippen molar-refractivity contribution < 1.29 is 28.4 Å². The average molecular weight is 497 g/mol. The van der Waals surface area contributed by atoms with Gasteiger partial charge in [-0.05, 0) is 50.8 Å². The van der Waals surface area contributed by atoms with Gasteiger partial charge in [0.25, 0.3) is 11.8 Å². The molecular formula is C26H32N4O6. The van der Waals surface area contributed by atoms with Crippen LogP contribution < -0.4 is 15.4 Å². The number of hydrogen-bond acceptors (Lipinski definition) is 7. The Hall–Kier alpha value is -3.40. The largest absolute Gasteiger partial charge is 0.490 e. The van der Waals surface area contributed by atoms with E-state index in [1.807, 2.05) is 0 Å². The lowest BCUT2D eigenvalue weighted by atomic mass is 9.94. The molecule has 1 aliphatic carbocycles. The smallest absolute Gasteiger partial charge is 0.277 e. The normalized spacial score (nSPS) is 24.2. The van der Waals surface area contributed by atoms with E-state index in [0.29, 0.717) is 35.6 Å². The Balaban J connectivity index is 1.25. The molecule has 2 aliphatic heterocycles. The second-order valence-corrected chi connectivity index (χ2v) is 9.91. The van der Waals surface area contributed by atoms with Crippen molar-refractivity contribution in [1.82, 2.24) is 15.4 Å². The van der Waals surface area contributed by atoms with Gasteiger partial charge in [-0.3, -0.25) is 14.4 Å². The van der Waals surface area contributed by atoms with Crippen LogP contribution in [0.1, 0.15) is 71.6 Å². The lowest BCUT2D eigenvalue weighted by Gasteiger charge is -2.42. The first kappa shape index (κ1) is 24.3. The standard InChI is InChI=1S/C26H32N4O6/c1-15-11-20(29-36-15)25(32)28-17-7-10-22-19(12-17)26(33)30(2)21-9-8-18(35-23(21)14-34-22)13-24(31)27-16-5-3-4-6-16/h7,10-12,16,18,21,23H,3-6,8-9,13-14H2,1-2H3,(H,27,31)(H,28,32)/t18-,21-,23+/m1/s1. The molecule has 3 amide bonds. The summed E-state index contributed by atoms with van der Waals surface area (Å²) in [6.45, 7) is 1.97. The second kappa shape index (κ2) is 10.3. The lowest BCUT2D eigenvalue weighted by molar-refractivity contribution is -0.134. The number of nitrogens with one attached hydrogen (secondary N) is 2. The van der Waals surface area contributed by atoms with E-state index in [9.17, 15) is 14.4 Å². The van der Waals surface area contributed by atoms with Crippen LogP contribution in [0.25, 0.3) is 0 Å². The minimum atomic E-state index is -0.428. The lowest BCUT2D eigenvalue weighted by Crippen LogP contribution is -2.54. The fraction of sp³-hybridized carbons (Fsp3) is 0.538. The molecule has 36 heavy (non-hydrogen) atoms. The van der Waals surface area contributed by atoms with Crippen molar-refractivity contribution >= 4 is 23.4 Å². The number of carbonyl (C=O) groups excluding carboxylic acids is 3. The third-order valence-corrected chi connectivity index (χ3v) is 7.26. The van der Waals surface area contributed by atoms with Crippen molar-refractivity contribution in [2.75, 3.05) is 19.0 Å². The SMILES string of the molecule is Cc1cc(C(=O)Nc2ccc3c(c2)C(=O)N(C)[C@@H]2CC[C@H](CC(=O)NC4CCCC4)O[C@H]2CO3)no1. The Morgan fingerprint density at radius 2 is 1.94 bits per heavy atom. The molecule has 1 saturated heterocycles. The minimum absolute atomic E-state index is 0.0299. The van der Waals surface area contributed by atoms with Crippen LogP contribution in [0.3, 0.4) is 0 Å². The summed E-state index contributed by atoms with van der Waals surface area (Å²) in [5.74, 6) is 0.342. The van der Waals surface area contributed by atoms with Gasteiger partial charge in [-0.1, -0.05) is 18.0 Å². The number of likely N-dealkylation sites (N-methyl/N-ethyl adjacent to an activating group) is 1. The monoisotopic (exact) mass is 496 g/mol. The highest BCUT2D eigenvalue weighted by molar-refractivity contribution is 6.04. The Bertz CT molecular complexity index is 1140. The van der Waals surface area contributed by atoms with Gasteiger partial charge in [0, 0.05) is 24.8 Å². The summed E-state index contributed by atoms with van der Waals surface area (Å²) < 4.78 is 17.2. The molecule has 5 rings (SSSR count). The van der Waals surface area contributed by atoms with Crippen molar-refractivity contribution in [1.29, 1.82) is 0 Å². The molecule has 3 atom stereocenters. The molecule has 2 N–H and O–H groups in total. The molecule has 192 valence electrons. The Morgan fingerprint density at radius 1 is 1.14 bits per heavy atom. The van der Waals surface area contributed by atoms with Crippen molar-refractivity contribution in [3.8, 4) is 5.75 Å². The number of benzene rings is 1. The Morgan fingerprint density at radius 3 is 2.69 bits per heavy atom. The van der Waals surface area contributed by atoms with Crippen LogP contribution >= 0.6 is 0 Å². The van der Waals surface area contributed by atoms with Crippen LogP contribution in [-0.2, 0) is 9.53 Å². The number of nitrogens with zero attached hydrogens (tertiary/aromatic N) is 2. The molecule has 1 saturated carbocycles. The molecule has 1 aromatic heterocycles. The quantitative estimate of drug-likeness (QED) is 0.652. The predicted molar refractivity (Wildman–Crippen MR) is 130 cm³/mol. The van der Waals surface area contributed by atoms with Gasteiger partial charge in [0.15, 0.2) is 5.69 Å². The first-order valence-corrected chi connectivity index (χ1v) is 12.6. The fourth-order valence-electron chi connectivity index (χ4n) is 5.34. The van der Waals surface area contributed by atoms with E-state index in [4.69, 9.17) is 14.0 Å². The Labute approximate surface area is 209 Å². The number of ether oxygens (including phenoxy) is 2. The zero-order valence-corrected chi connectivity index (χ0v) is 20.6. The summed E-state index contributed by atoms with van der Waals surface area (Å²) in [7, 11) is 1.76. The maximum atomic E-state index is 13.4. The van der Waals surface area contributed by atoms with E-state index in [1.54, 1.807) is 43.1 Å². The molecule has 0 spiro atoms. The molecule has 10 heteroatoms. The van der Waals surface area contributed by atoms with E-state index in [-0.39, 0.29) is 48.4 Å². The number of anilines is 1. The number of carbonyl (C=O) groups is 3. The Kier molecular flexibility index (Phi) is 6.95. The van der Waals surface area contributed by atoms with Crippen LogP contribution in [0.5, 0.6) is 5.75 Å². The van der Waals surface area contributed by atoms with Crippen LogP contribution in [0.4, 0.5) is 5.69 Å². The fourth-order valence-corrected chi connectivity index (χ4v) is 5.34. The third-order valence-electron chi connectivity index (χ3n) is 7.26.